The quantitative estimate of drug-likeness (QED) is 0.903. The molecule has 0 amide bonds. The lowest BCUT2D eigenvalue weighted by atomic mass is 9.99. The van der Waals surface area contributed by atoms with Gasteiger partial charge in [-0.3, -0.25) is 0 Å². The highest BCUT2D eigenvalue weighted by atomic mass is 32.2. The Kier molecular flexibility index (Phi) is 4.63. The van der Waals surface area contributed by atoms with Crippen LogP contribution in [-0.4, -0.2) is 39.6 Å². The third kappa shape index (κ3) is 3.77. The monoisotopic (exact) mass is 310 g/mol. The lowest BCUT2D eigenvalue weighted by Crippen LogP contribution is -2.41. The maximum absolute atomic E-state index is 11.7. The number of rotatable bonds is 5. The molecule has 2 rings (SSSR count). The van der Waals surface area contributed by atoms with Crippen LogP contribution in [0.5, 0.6) is 0 Å². The molecule has 0 radical (unpaired) electrons. The van der Waals surface area contributed by atoms with E-state index in [0.717, 1.165) is 13.0 Å². The van der Waals surface area contributed by atoms with Crippen LogP contribution < -0.4 is 10.2 Å². The Balaban J connectivity index is 1.99. The summed E-state index contributed by atoms with van der Waals surface area (Å²) < 4.78 is 22.6. The van der Waals surface area contributed by atoms with Crippen LogP contribution in [0.4, 0.5) is 5.69 Å². The van der Waals surface area contributed by atoms with Crippen molar-refractivity contribution in [1.82, 2.24) is 5.32 Å². The fraction of sp³-hybridized carbons (Fsp3) is 0.625. The number of sulfone groups is 1. The second-order valence-corrected chi connectivity index (χ2v) is 9.27. The normalized spacial score (nSPS) is 15.9. The molecule has 1 N–H and O–H groups in total. The van der Waals surface area contributed by atoms with Crippen LogP contribution >= 0.6 is 0 Å². The van der Waals surface area contributed by atoms with E-state index < -0.39 is 14.6 Å². The predicted octanol–water partition coefficient (Wildman–Crippen LogP) is 1.98. The Bertz CT molecular complexity index is 609. The highest BCUT2D eigenvalue weighted by molar-refractivity contribution is 7.92. The SMILES string of the molecule is CN1CCCc2cc(CNCC(C)(C)S(C)(=O)=O)ccc21. The maximum atomic E-state index is 11.7. The van der Waals surface area contributed by atoms with E-state index in [0.29, 0.717) is 13.1 Å². The van der Waals surface area contributed by atoms with E-state index in [-0.39, 0.29) is 0 Å². The molecule has 1 aromatic carbocycles. The molecule has 1 aliphatic heterocycles. The van der Waals surface area contributed by atoms with Gasteiger partial charge in [0.2, 0.25) is 0 Å². The van der Waals surface area contributed by atoms with Gasteiger partial charge >= 0.3 is 0 Å². The number of hydrogen-bond donors (Lipinski definition) is 1. The molecule has 0 saturated carbocycles. The van der Waals surface area contributed by atoms with Gasteiger partial charge < -0.3 is 10.2 Å². The number of anilines is 1. The minimum absolute atomic E-state index is 0.461. The van der Waals surface area contributed by atoms with Gasteiger partial charge in [-0.1, -0.05) is 12.1 Å². The summed E-state index contributed by atoms with van der Waals surface area (Å²) in [5.41, 5.74) is 3.93. The molecule has 0 aromatic heterocycles. The Morgan fingerprint density at radius 2 is 2.05 bits per heavy atom. The molecule has 0 saturated heterocycles. The Morgan fingerprint density at radius 3 is 2.71 bits per heavy atom. The lowest BCUT2D eigenvalue weighted by Gasteiger charge is -2.28. The Labute approximate surface area is 128 Å². The smallest absolute Gasteiger partial charge is 0.153 e. The van der Waals surface area contributed by atoms with Crippen molar-refractivity contribution in [1.29, 1.82) is 0 Å². The average Bonchev–Trinajstić information content (AvgIpc) is 2.37. The maximum Gasteiger partial charge on any atom is 0.153 e. The van der Waals surface area contributed by atoms with E-state index in [1.54, 1.807) is 13.8 Å². The highest BCUT2D eigenvalue weighted by Crippen LogP contribution is 2.26. The molecule has 21 heavy (non-hydrogen) atoms. The van der Waals surface area contributed by atoms with Gasteiger partial charge in [-0.05, 0) is 43.9 Å². The molecular formula is C16H26N2O2S. The number of aryl methyl sites for hydroxylation is 1. The van der Waals surface area contributed by atoms with Gasteiger partial charge in [0.15, 0.2) is 9.84 Å². The predicted molar refractivity (Wildman–Crippen MR) is 88.7 cm³/mol. The summed E-state index contributed by atoms with van der Waals surface area (Å²) in [5, 5.41) is 3.27. The van der Waals surface area contributed by atoms with E-state index in [1.807, 2.05) is 0 Å². The summed E-state index contributed by atoms with van der Waals surface area (Å²) in [4.78, 5) is 2.29. The molecule has 118 valence electrons. The van der Waals surface area contributed by atoms with E-state index in [1.165, 1.54) is 29.5 Å². The van der Waals surface area contributed by atoms with Gasteiger partial charge in [-0.25, -0.2) is 8.42 Å². The zero-order valence-corrected chi connectivity index (χ0v) is 14.3. The van der Waals surface area contributed by atoms with Crippen LogP contribution in [0, 0.1) is 0 Å². The first-order valence-corrected chi connectivity index (χ1v) is 9.33. The molecule has 0 unspecified atom stereocenters. The zero-order chi connectivity index (χ0) is 15.7. The summed E-state index contributed by atoms with van der Waals surface area (Å²) in [5.74, 6) is 0. The Hall–Kier alpha value is -1.07. The van der Waals surface area contributed by atoms with Gasteiger partial charge in [-0.2, -0.15) is 0 Å². The summed E-state index contributed by atoms with van der Waals surface area (Å²) in [6.07, 6.45) is 3.62. The van der Waals surface area contributed by atoms with Crippen LogP contribution in [0.3, 0.4) is 0 Å². The molecule has 1 heterocycles. The number of benzene rings is 1. The van der Waals surface area contributed by atoms with Crippen LogP contribution in [0.15, 0.2) is 18.2 Å². The first kappa shape index (κ1) is 16.3. The zero-order valence-electron chi connectivity index (χ0n) is 13.4. The third-order valence-electron chi connectivity index (χ3n) is 4.38. The molecule has 0 atom stereocenters. The van der Waals surface area contributed by atoms with Crippen LogP contribution in [-0.2, 0) is 22.8 Å². The van der Waals surface area contributed by atoms with Crippen molar-refractivity contribution in [2.75, 3.05) is 31.3 Å². The highest BCUT2D eigenvalue weighted by Gasteiger charge is 2.29. The van der Waals surface area contributed by atoms with Gasteiger partial charge in [0.1, 0.15) is 0 Å². The fourth-order valence-electron chi connectivity index (χ4n) is 2.59. The number of fused-ring (bicyclic) bond motifs is 1. The molecule has 0 bridgehead atoms. The van der Waals surface area contributed by atoms with Crippen molar-refractivity contribution in [2.45, 2.75) is 38.0 Å². The third-order valence-corrected chi connectivity index (χ3v) is 6.53. The molecule has 4 nitrogen and oxygen atoms in total. The molecular weight excluding hydrogens is 284 g/mol. The summed E-state index contributed by atoms with van der Waals surface area (Å²) >= 11 is 0. The molecule has 5 heteroatoms. The topological polar surface area (TPSA) is 49.4 Å². The van der Waals surface area contributed by atoms with Crippen molar-refractivity contribution >= 4 is 15.5 Å². The van der Waals surface area contributed by atoms with Crippen molar-refractivity contribution in [3.8, 4) is 0 Å². The number of nitrogens with zero attached hydrogens (tertiary/aromatic N) is 1. The molecule has 0 fully saturated rings. The minimum Gasteiger partial charge on any atom is -0.374 e. The standard InChI is InChI=1S/C16H26N2O2S/c1-16(2,21(4,19)20)12-17-11-13-7-8-15-14(10-13)6-5-9-18(15)3/h7-8,10,17H,5-6,9,11-12H2,1-4H3. The van der Waals surface area contributed by atoms with Crippen molar-refractivity contribution in [3.63, 3.8) is 0 Å². The van der Waals surface area contributed by atoms with Crippen molar-refractivity contribution in [3.05, 3.63) is 29.3 Å². The minimum atomic E-state index is -3.05. The van der Waals surface area contributed by atoms with E-state index in [4.69, 9.17) is 0 Å². The largest absolute Gasteiger partial charge is 0.374 e. The Morgan fingerprint density at radius 1 is 1.33 bits per heavy atom. The summed E-state index contributed by atoms with van der Waals surface area (Å²) in [6.45, 7) is 5.81. The summed E-state index contributed by atoms with van der Waals surface area (Å²) in [6, 6.07) is 6.54. The first-order valence-electron chi connectivity index (χ1n) is 7.44. The van der Waals surface area contributed by atoms with Gasteiger partial charge in [0.05, 0.1) is 4.75 Å². The molecule has 1 aromatic rings. The molecule has 0 aliphatic carbocycles. The number of hydrogen-bond acceptors (Lipinski definition) is 4. The van der Waals surface area contributed by atoms with Crippen LogP contribution in [0.1, 0.15) is 31.4 Å². The van der Waals surface area contributed by atoms with Crippen LogP contribution in [0.25, 0.3) is 0 Å². The second kappa shape index (κ2) is 5.97. The average molecular weight is 310 g/mol. The van der Waals surface area contributed by atoms with Crippen molar-refractivity contribution < 1.29 is 8.42 Å². The van der Waals surface area contributed by atoms with Gasteiger partial charge in [0, 0.05) is 38.6 Å². The van der Waals surface area contributed by atoms with Crippen molar-refractivity contribution in [2.24, 2.45) is 0 Å². The first-order chi connectivity index (χ1) is 9.71. The van der Waals surface area contributed by atoms with E-state index in [2.05, 4.69) is 35.5 Å². The number of nitrogens with one attached hydrogen (secondary N) is 1. The molecule has 1 aliphatic rings. The van der Waals surface area contributed by atoms with Gasteiger partial charge in [-0.15, -0.1) is 0 Å². The summed E-state index contributed by atoms with van der Waals surface area (Å²) in [7, 11) is -0.918. The molecule has 0 spiro atoms. The second-order valence-electron chi connectivity index (χ2n) is 6.62. The lowest BCUT2D eigenvalue weighted by molar-refractivity contribution is 0.521. The van der Waals surface area contributed by atoms with E-state index in [9.17, 15) is 8.42 Å². The fourth-order valence-corrected chi connectivity index (χ4v) is 2.95. The van der Waals surface area contributed by atoms with E-state index >= 15 is 0 Å². The van der Waals surface area contributed by atoms with Gasteiger partial charge in [0.25, 0.3) is 0 Å². The van der Waals surface area contributed by atoms with Crippen LogP contribution in [0.2, 0.25) is 0 Å².